The fourth-order valence-corrected chi connectivity index (χ4v) is 3.82. The Bertz CT molecular complexity index is 208. The third-order valence-electron chi connectivity index (χ3n) is 5.54. The SMILES string of the molecule is [CH2]CCCC(CCCCCC)CCCCCCCCCCCCC. The highest BCUT2D eigenvalue weighted by molar-refractivity contribution is 4.62. The molecule has 0 rings (SSSR count). The largest absolute Gasteiger partial charge is 0.0654 e. The Balaban J connectivity index is 3.44. The first-order valence-corrected chi connectivity index (χ1v) is 11.6. The highest BCUT2D eigenvalue weighted by Crippen LogP contribution is 2.23. The molecule has 0 N–H and O–H groups in total. The van der Waals surface area contributed by atoms with Crippen molar-refractivity contribution in [3.8, 4) is 0 Å². The van der Waals surface area contributed by atoms with Gasteiger partial charge in [-0.05, 0) is 5.92 Å². The van der Waals surface area contributed by atoms with Crippen LogP contribution in [0.5, 0.6) is 0 Å². The topological polar surface area (TPSA) is 0 Å². The molecule has 1 radical (unpaired) electrons. The van der Waals surface area contributed by atoms with Crippen molar-refractivity contribution in [2.75, 3.05) is 0 Å². The minimum atomic E-state index is 1.00. The van der Waals surface area contributed by atoms with Crippen LogP contribution >= 0.6 is 0 Å². The van der Waals surface area contributed by atoms with Crippen molar-refractivity contribution in [2.45, 2.75) is 142 Å². The zero-order valence-corrected chi connectivity index (χ0v) is 17.4. The molecule has 0 aromatic carbocycles. The summed E-state index contributed by atoms with van der Waals surface area (Å²) in [6.07, 6.45) is 28.7. The van der Waals surface area contributed by atoms with Crippen molar-refractivity contribution in [1.82, 2.24) is 0 Å². The molecule has 0 aromatic rings. The molecule has 0 aliphatic heterocycles. The van der Waals surface area contributed by atoms with Gasteiger partial charge >= 0.3 is 0 Å². The van der Waals surface area contributed by atoms with Crippen molar-refractivity contribution < 1.29 is 0 Å². The molecule has 0 fully saturated rings. The van der Waals surface area contributed by atoms with Gasteiger partial charge in [0.05, 0.1) is 0 Å². The molecule has 0 saturated carbocycles. The average molecular weight is 338 g/mol. The van der Waals surface area contributed by atoms with Crippen LogP contribution in [0.3, 0.4) is 0 Å². The van der Waals surface area contributed by atoms with E-state index in [0.29, 0.717) is 0 Å². The zero-order chi connectivity index (χ0) is 17.7. The maximum atomic E-state index is 4.03. The summed E-state index contributed by atoms with van der Waals surface area (Å²) in [5.41, 5.74) is 0. The Morgan fingerprint density at radius 3 is 1.21 bits per heavy atom. The Hall–Kier alpha value is 0. The summed E-state index contributed by atoms with van der Waals surface area (Å²) in [7, 11) is 0. The number of hydrogen-bond donors (Lipinski definition) is 0. The summed E-state index contributed by atoms with van der Waals surface area (Å²) < 4.78 is 0. The lowest BCUT2D eigenvalue weighted by molar-refractivity contribution is 0.373. The zero-order valence-electron chi connectivity index (χ0n) is 17.4. The number of rotatable bonds is 20. The Morgan fingerprint density at radius 1 is 0.458 bits per heavy atom. The van der Waals surface area contributed by atoms with E-state index >= 15 is 0 Å². The third kappa shape index (κ3) is 18.3. The molecule has 0 amide bonds. The Labute approximate surface area is 155 Å². The highest BCUT2D eigenvalue weighted by atomic mass is 14.1. The van der Waals surface area contributed by atoms with Gasteiger partial charge in [-0.2, -0.15) is 0 Å². The van der Waals surface area contributed by atoms with E-state index in [-0.39, 0.29) is 0 Å². The van der Waals surface area contributed by atoms with Crippen LogP contribution in [0.15, 0.2) is 0 Å². The molecule has 1 atom stereocenters. The number of hydrogen-bond acceptors (Lipinski definition) is 0. The van der Waals surface area contributed by atoms with Crippen LogP contribution in [0.4, 0.5) is 0 Å². The van der Waals surface area contributed by atoms with Crippen LogP contribution in [-0.2, 0) is 0 Å². The van der Waals surface area contributed by atoms with Gasteiger partial charge in [-0.15, -0.1) is 0 Å². The predicted molar refractivity (Wildman–Crippen MR) is 113 cm³/mol. The smallest absolute Gasteiger partial charge is 0.0414 e. The first-order valence-electron chi connectivity index (χ1n) is 11.6. The lowest BCUT2D eigenvalue weighted by Crippen LogP contribution is -2.01. The Morgan fingerprint density at radius 2 is 0.792 bits per heavy atom. The minimum absolute atomic E-state index is 1.00. The van der Waals surface area contributed by atoms with E-state index in [9.17, 15) is 0 Å². The van der Waals surface area contributed by atoms with Gasteiger partial charge in [0.1, 0.15) is 0 Å². The van der Waals surface area contributed by atoms with Gasteiger partial charge in [0.2, 0.25) is 0 Å². The van der Waals surface area contributed by atoms with Gasteiger partial charge in [0, 0.05) is 0 Å². The Kier molecular flexibility index (Phi) is 21.0. The van der Waals surface area contributed by atoms with E-state index in [1.165, 1.54) is 122 Å². The van der Waals surface area contributed by atoms with E-state index in [2.05, 4.69) is 20.8 Å². The van der Waals surface area contributed by atoms with Crippen LogP contribution in [0.2, 0.25) is 0 Å². The molecule has 0 spiro atoms. The number of unbranched alkanes of at least 4 members (excludes halogenated alkanes) is 14. The molecule has 0 aliphatic rings. The van der Waals surface area contributed by atoms with Gasteiger partial charge in [-0.3, -0.25) is 0 Å². The van der Waals surface area contributed by atoms with Gasteiger partial charge < -0.3 is 0 Å². The summed E-state index contributed by atoms with van der Waals surface area (Å²) >= 11 is 0. The van der Waals surface area contributed by atoms with Crippen molar-refractivity contribution in [3.63, 3.8) is 0 Å². The molecule has 0 bridgehead atoms. The molecular formula is C24H49. The molecule has 24 heavy (non-hydrogen) atoms. The predicted octanol–water partition coefficient (Wildman–Crippen LogP) is 9.28. The lowest BCUT2D eigenvalue weighted by atomic mass is 9.90. The maximum Gasteiger partial charge on any atom is -0.0414 e. The van der Waals surface area contributed by atoms with Crippen molar-refractivity contribution in [1.29, 1.82) is 0 Å². The fourth-order valence-electron chi connectivity index (χ4n) is 3.82. The second kappa shape index (κ2) is 21.0. The second-order valence-electron chi connectivity index (χ2n) is 8.04. The maximum absolute atomic E-state index is 4.03. The molecule has 0 saturated heterocycles. The third-order valence-corrected chi connectivity index (χ3v) is 5.54. The standard InChI is InChI=1S/C24H49/c1-4-7-10-12-13-14-15-16-17-18-20-23-24(21-9-6-3)22-19-11-8-5-2/h24H,3-23H2,1-2H3. The first-order chi connectivity index (χ1) is 11.8. The lowest BCUT2D eigenvalue weighted by Gasteiger charge is -2.16. The molecule has 1 unspecified atom stereocenters. The van der Waals surface area contributed by atoms with Crippen molar-refractivity contribution in [3.05, 3.63) is 6.92 Å². The van der Waals surface area contributed by atoms with Crippen LogP contribution in [0, 0.1) is 12.8 Å². The molecular weight excluding hydrogens is 288 g/mol. The molecule has 0 heteroatoms. The quantitative estimate of drug-likeness (QED) is 0.194. The van der Waals surface area contributed by atoms with Crippen LogP contribution in [0.25, 0.3) is 0 Å². The monoisotopic (exact) mass is 337 g/mol. The van der Waals surface area contributed by atoms with Crippen molar-refractivity contribution in [2.24, 2.45) is 5.92 Å². The molecule has 145 valence electrons. The van der Waals surface area contributed by atoms with Crippen LogP contribution in [-0.4, -0.2) is 0 Å². The van der Waals surface area contributed by atoms with Crippen molar-refractivity contribution >= 4 is 0 Å². The molecule has 0 nitrogen and oxygen atoms in total. The summed E-state index contributed by atoms with van der Waals surface area (Å²) in [5, 5.41) is 0. The summed E-state index contributed by atoms with van der Waals surface area (Å²) in [5.74, 6) is 1.00. The second-order valence-corrected chi connectivity index (χ2v) is 8.04. The van der Waals surface area contributed by atoms with Crippen LogP contribution < -0.4 is 0 Å². The fraction of sp³-hybridized carbons (Fsp3) is 0.958. The molecule has 0 heterocycles. The molecule has 0 aromatic heterocycles. The van der Waals surface area contributed by atoms with E-state index in [1.54, 1.807) is 0 Å². The summed E-state index contributed by atoms with van der Waals surface area (Å²) in [6.45, 7) is 8.64. The summed E-state index contributed by atoms with van der Waals surface area (Å²) in [4.78, 5) is 0. The average Bonchev–Trinajstić information content (AvgIpc) is 2.60. The van der Waals surface area contributed by atoms with E-state index in [4.69, 9.17) is 0 Å². The van der Waals surface area contributed by atoms with Gasteiger partial charge in [-0.25, -0.2) is 0 Å². The van der Waals surface area contributed by atoms with Gasteiger partial charge in [0.15, 0.2) is 0 Å². The first kappa shape index (κ1) is 24.0. The van der Waals surface area contributed by atoms with Crippen LogP contribution in [0.1, 0.15) is 142 Å². The summed E-state index contributed by atoms with van der Waals surface area (Å²) in [6, 6.07) is 0. The van der Waals surface area contributed by atoms with Gasteiger partial charge in [0.25, 0.3) is 0 Å². The van der Waals surface area contributed by atoms with E-state index in [0.717, 1.165) is 12.3 Å². The van der Waals surface area contributed by atoms with Gasteiger partial charge in [-0.1, -0.05) is 149 Å². The molecule has 0 aliphatic carbocycles. The highest BCUT2D eigenvalue weighted by Gasteiger charge is 2.07. The normalized spacial score (nSPS) is 12.6. The minimum Gasteiger partial charge on any atom is -0.0654 e. The van der Waals surface area contributed by atoms with E-state index < -0.39 is 0 Å². The van der Waals surface area contributed by atoms with E-state index in [1.807, 2.05) is 0 Å².